The number of sulfonamides is 1. The Hall–Kier alpha value is -1.15. The van der Waals surface area contributed by atoms with Crippen LogP contribution in [0.5, 0.6) is 0 Å². The van der Waals surface area contributed by atoms with Crippen molar-refractivity contribution in [2.75, 3.05) is 5.32 Å². The molecule has 0 saturated carbocycles. The highest BCUT2D eigenvalue weighted by Gasteiger charge is 2.13. The molecule has 0 fully saturated rings. The van der Waals surface area contributed by atoms with E-state index < -0.39 is 16.1 Å². The summed E-state index contributed by atoms with van der Waals surface area (Å²) in [5.74, 6) is -0.366. The van der Waals surface area contributed by atoms with Gasteiger partial charge in [0.05, 0.1) is 21.7 Å². The zero-order valence-electron chi connectivity index (χ0n) is 10.3. The molecule has 4 N–H and O–H groups in total. The van der Waals surface area contributed by atoms with Gasteiger partial charge in [-0.25, -0.2) is 13.6 Å². The number of carbonyl (C=O) groups is 1. The second-order valence-electron chi connectivity index (χ2n) is 4.12. The number of benzene rings is 1. The van der Waals surface area contributed by atoms with Crippen molar-refractivity contribution in [1.82, 2.24) is 0 Å². The summed E-state index contributed by atoms with van der Waals surface area (Å²) < 4.78 is 22.4. The quantitative estimate of drug-likeness (QED) is 0.756. The first-order valence-electron chi connectivity index (χ1n) is 5.50. The van der Waals surface area contributed by atoms with Crippen LogP contribution in [-0.2, 0) is 14.8 Å². The van der Waals surface area contributed by atoms with E-state index in [0.717, 1.165) is 0 Å². The molecule has 6 nitrogen and oxygen atoms in total. The van der Waals surface area contributed by atoms with Crippen molar-refractivity contribution in [2.24, 2.45) is 5.14 Å². The van der Waals surface area contributed by atoms with Gasteiger partial charge < -0.3 is 10.4 Å². The van der Waals surface area contributed by atoms with E-state index in [1.54, 1.807) is 6.92 Å². The number of aliphatic hydroxyl groups is 1. The van der Waals surface area contributed by atoms with Crippen LogP contribution in [0, 0.1) is 0 Å². The Morgan fingerprint density at radius 2 is 2.16 bits per heavy atom. The summed E-state index contributed by atoms with van der Waals surface area (Å²) in [6, 6.07) is 3.78. The van der Waals surface area contributed by atoms with Gasteiger partial charge >= 0.3 is 0 Å². The molecule has 1 atom stereocenters. The Labute approximate surface area is 116 Å². The predicted octanol–water partition coefficient (Wildman–Crippen LogP) is 1.09. The summed E-state index contributed by atoms with van der Waals surface area (Å²) >= 11 is 5.85. The topological polar surface area (TPSA) is 109 Å². The lowest BCUT2D eigenvalue weighted by Crippen LogP contribution is -2.16. The Bertz CT molecular complexity index is 572. The number of hydrogen-bond acceptors (Lipinski definition) is 4. The van der Waals surface area contributed by atoms with Gasteiger partial charge in [-0.15, -0.1) is 0 Å². The lowest BCUT2D eigenvalue weighted by molar-refractivity contribution is -0.116. The maximum Gasteiger partial charge on any atom is 0.238 e. The summed E-state index contributed by atoms with van der Waals surface area (Å²) in [6.45, 7) is 1.57. The van der Waals surface area contributed by atoms with Crippen molar-refractivity contribution in [3.63, 3.8) is 0 Å². The molecule has 0 aliphatic carbocycles. The van der Waals surface area contributed by atoms with E-state index in [1.165, 1.54) is 18.2 Å². The van der Waals surface area contributed by atoms with Crippen molar-refractivity contribution in [2.45, 2.75) is 30.8 Å². The molecule has 1 aromatic rings. The molecule has 0 aliphatic heterocycles. The van der Waals surface area contributed by atoms with Gasteiger partial charge in [-0.3, -0.25) is 4.79 Å². The monoisotopic (exact) mass is 306 g/mol. The van der Waals surface area contributed by atoms with Gasteiger partial charge in [0, 0.05) is 6.42 Å². The van der Waals surface area contributed by atoms with E-state index in [0.29, 0.717) is 6.42 Å². The number of rotatable bonds is 5. The largest absolute Gasteiger partial charge is 0.393 e. The number of amides is 1. The third kappa shape index (κ3) is 5.15. The smallest absolute Gasteiger partial charge is 0.238 e. The summed E-state index contributed by atoms with van der Waals surface area (Å²) in [6.07, 6.45) is -0.177. The van der Waals surface area contributed by atoms with Gasteiger partial charge in [0.25, 0.3) is 0 Å². The molecule has 106 valence electrons. The van der Waals surface area contributed by atoms with Crippen LogP contribution in [0.4, 0.5) is 5.69 Å². The van der Waals surface area contributed by atoms with Gasteiger partial charge in [0.1, 0.15) is 0 Å². The van der Waals surface area contributed by atoms with Gasteiger partial charge in [0.2, 0.25) is 15.9 Å². The minimum Gasteiger partial charge on any atom is -0.393 e. The molecule has 1 unspecified atom stereocenters. The van der Waals surface area contributed by atoms with Crippen LogP contribution in [0.1, 0.15) is 19.8 Å². The number of carbonyl (C=O) groups excluding carboxylic acids is 1. The highest BCUT2D eigenvalue weighted by Crippen LogP contribution is 2.25. The minimum atomic E-state index is -3.85. The summed E-state index contributed by atoms with van der Waals surface area (Å²) in [5, 5.41) is 16.7. The van der Waals surface area contributed by atoms with Gasteiger partial charge in [-0.1, -0.05) is 11.6 Å². The number of aliphatic hydroxyl groups excluding tert-OH is 1. The number of nitrogens with two attached hydrogens (primary N) is 1. The zero-order chi connectivity index (χ0) is 14.6. The first kappa shape index (κ1) is 15.9. The van der Waals surface area contributed by atoms with E-state index in [2.05, 4.69) is 5.32 Å². The minimum absolute atomic E-state index is 0.105. The molecule has 0 aromatic heterocycles. The van der Waals surface area contributed by atoms with E-state index in [4.69, 9.17) is 21.8 Å². The van der Waals surface area contributed by atoms with Crippen molar-refractivity contribution < 1.29 is 18.3 Å². The molecule has 8 heteroatoms. The second kappa shape index (κ2) is 6.33. The van der Waals surface area contributed by atoms with Crippen molar-refractivity contribution in [3.8, 4) is 0 Å². The van der Waals surface area contributed by atoms with Crippen LogP contribution in [-0.4, -0.2) is 25.5 Å². The van der Waals surface area contributed by atoms with Crippen LogP contribution in [0.2, 0.25) is 5.02 Å². The number of anilines is 1. The van der Waals surface area contributed by atoms with E-state index in [9.17, 15) is 13.2 Å². The summed E-state index contributed by atoms with van der Waals surface area (Å²) in [7, 11) is -3.85. The third-order valence-corrected chi connectivity index (χ3v) is 3.57. The van der Waals surface area contributed by atoms with E-state index in [-0.39, 0.29) is 27.9 Å². The normalized spacial score (nSPS) is 13.1. The van der Waals surface area contributed by atoms with Gasteiger partial charge in [-0.05, 0) is 31.5 Å². The molecule has 0 spiro atoms. The third-order valence-electron chi connectivity index (χ3n) is 2.33. The van der Waals surface area contributed by atoms with Crippen LogP contribution in [0.25, 0.3) is 0 Å². The Kier molecular flexibility index (Phi) is 5.30. The molecule has 0 radical (unpaired) electrons. The van der Waals surface area contributed by atoms with Crippen LogP contribution in [0.15, 0.2) is 23.1 Å². The Balaban J connectivity index is 2.86. The lowest BCUT2D eigenvalue weighted by atomic mass is 10.2. The average molecular weight is 307 g/mol. The first-order chi connectivity index (χ1) is 8.70. The second-order valence-corrected chi connectivity index (χ2v) is 6.09. The van der Waals surface area contributed by atoms with Gasteiger partial charge in [0.15, 0.2) is 0 Å². The summed E-state index contributed by atoms with van der Waals surface area (Å²) in [4.78, 5) is 11.4. The molecular formula is C11H15ClN2O4S. The molecule has 1 aromatic carbocycles. The highest BCUT2D eigenvalue weighted by molar-refractivity contribution is 7.89. The lowest BCUT2D eigenvalue weighted by Gasteiger charge is -2.09. The fourth-order valence-electron chi connectivity index (χ4n) is 1.33. The molecule has 0 saturated heterocycles. The van der Waals surface area contributed by atoms with Crippen LogP contribution < -0.4 is 10.5 Å². The molecule has 1 rings (SSSR count). The maximum absolute atomic E-state index is 11.6. The fourth-order valence-corrected chi connectivity index (χ4v) is 2.03. The molecule has 0 aliphatic rings. The average Bonchev–Trinajstić information content (AvgIpc) is 2.28. The fraction of sp³-hybridized carbons (Fsp3) is 0.364. The number of primary sulfonamides is 1. The Morgan fingerprint density at radius 3 is 2.68 bits per heavy atom. The van der Waals surface area contributed by atoms with Crippen molar-refractivity contribution >= 4 is 33.2 Å². The molecular weight excluding hydrogens is 292 g/mol. The molecule has 0 heterocycles. The number of halogens is 1. The first-order valence-corrected chi connectivity index (χ1v) is 7.43. The molecule has 1 amide bonds. The zero-order valence-corrected chi connectivity index (χ0v) is 11.8. The van der Waals surface area contributed by atoms with Gasteiger partial charge in [-0.2, -0.15) is 0 Å². The summed E-state index contributed by atoms with van der Waals surface area (Å²) in [5.41, 5.74) is 0.170. The standard InChI is InChI=1S/C11H15ClN2O4S/c1-7(15)2-5-11(16)14-10-6-8(19(13,17)18)3-4-9(10)12/h3-4,6-7,15H,2,5H2,1H3,(H,14,16)(H2,13,17,18). The SMILES string of the molecule is CC(O)CCC(=O)Nc1cc(S(N)(=O)=O)ccc1Cl. The van der Waals surface area contributed by atoms with Crippen molar-refractivity contribution in [1.29, 1.82) is 0 Å². The van der Waals surface area contributed by atoms with Crippen molar-refractivity contribution in [3.05, 3.63) is 23.2 Å². The molecule has 0 bridgehead atoms. The predicted molar refractivity (Wildman–Crippen MR) is 72.4 cm³/mol. The number of hydrogen-bond donors (Lipinski definition) is 3. The van der Waals surface area contributed by atoms with E-state index in [1.807, 2.05) is 0 Å². The highest BCUT2D eigenvalue weighted by atomic mass is 35.5. The van der Waals surface area contributed by atoms with E-state index >= 15 is 0 Å². The van der Waals surface area contributed by atoms with Crippen LogP contribution in [0.3, 0.4) is 0 Å². The maximum atomic E-state index is 11.6. The number of nitrogens with one attached hydrogen (secondary N) is 1. The van der Waals surface area contributed by atoms with Crippen LogP contribution >= 0.6 is 11.6 Å². The molecule has 19 heavy (non-hydrogen) atoms. The Morgan fingerprint density at radius 1 is 1.53 bits per heavy atom.